The van der Waals surface area contributed by atoms with E-state index in [0.717, 1.165) is 16.7 Å². The van der Waals surface area contributed by atoms with Crippen LogP contribution in [0.1, 0.15) is 38.9 Å². The largest absolute Gasteiger partial charge is 0.343 e. The summed E-state index contributed by atoms with van der Waals surface area (Å²) in [6, 6.07) is 12.3. The number of carbonyl (C=O) groups is 2. The maximum Gasteiger partial charge on any atom is 0.251 e. The average molecular weight is 411 g/mol. The van der Waals surface area contributed by atoms with Gasteiger partial charge < -0.3 is 15.2 Å². The fourth-order valence-electron chi connectivity index (χ4n) is 3.19. The topological polar surface area (TPSA) is 76.0 Å². The third-order valence-electron chi connectivity index (χ3n) is 4.52. The maximum atomic E-state index is 12.6. The van der Waals surface area contributed by atoms with Gasteiger partial charge in [0.1, 0.15) is 11.9 Å². The van der Waals surface area contributed by atoms with Crippen LogP contribution in [0.4, 0.5) is 0 Å². The van der Waals surface area contributed by atoms with E-state index in [9.17, 15) is 9.59 Å². The van der Waals surface area contributed by atoms with Crippen molar-refractivity contribution >= 4 is 23.4 Å². The number of imidazole rings is 1. The van der Waals surface area contributed by atoms with Crippen molar-refractivity contribution in [1.82, 2.24) is 20.2 Å². The van der Waals surface area contributed by atoms with E-state index < -0.39 is 6.04 Å². The van der Waals surface area contributed by atoms with E-state index in [0.29, 0.717) is 16.4 Å². The van der Waals surface area contributed by atoms with E-state index in [4.69, 9.17) is 11.6 Å². The lowest BCUT2D eigenvalue weighted by molar-refractivity contribution is -0.120. The van der Waals surface area contributed by atoms with Gasteiger partial charge in [-0.25, -0.2) is 4.98 Å². The standard InChI is InChI=1S/C22H23ClN4O2/c1-14-10-15(2)12-17(11-14)22(29)25-13-19(28)26-20(21-24-8-9-27(21)3)16-4-6-18(23)7-5-16/h4-12,20H,13H2,1-3H3,(H,25,29)(H,26,28)/t20-/m1/s1. The normalized spacial score (nSPS) is 11.7. The van der Waals surface area contributed by atoms with E-state index in [-0.39, 0.29) is 18.4 Å². The molecule has 0 unspecified atom stereocenters. The number of benzene rings is 2. The van der Waals surface area contributed by atoms with Crippen LogP contribution in [0.5, 0.6) is 0 Å². The van der Waals surface area contributed by atoms with E-state index in [1.54, 1.807) is 30.5 Å². The molecule has 1 aromatic heterocycles. The first-order chi connectivity index (χ1) is 13.8. The van der Waals surface area contributed by atoms with Crippen LogP contribution in [0, 0.1) is 13.8 Å². The van der Waals surface area contributed by atoms with Gasteiger partial charge in [0.05, 0.1) is 6.54 Å². The first kappa shape index (κ1) is 20.6. The molecule has 2 N–H and O–H groups in total. The molecule has 1 heterocycles. The van der Waals surface area contributed by atoms with Crippen molar-refractivity contribution in [2.24, 2.45) is 7.05 Å². The number of hydrogen-bond acceptors (Lipinski definition) is 3. The number of amides is 2. The van der Waals surface area contributed by atoms with Gasteiger partial charge in [-0.05, 0) is 43.7 Å². The van der Waals surface area contributed by atoms with Crippen molar-refractivity contribution in [1.29, 1.82) is 0 Å². The first-order valence-electron chi connectivity index (χ1n) is 9.22. The molecule has 0 aliphatic heterocycles. The molecular weight excluding hydrogens is 388 g/mol. The van der Waals surface area contributed by atoms with Gasteiger partial charge in [0.25, 0.3) is 5.91 Å². The second kappa shape index (κ2) is 8.92. The number of aryl methyl sites for hydroxylation is 3. The molecular formula is C22H23ClN4O2. The molecule has 1 atom stereocenters. The van der Waals surface area contributed by atoms with Crippen molar-refractivity contribution in [3.63, 3.8) is 0 Å². The van der Waals surface area contributed by atoms with Gasteiger partial charge in [-0.1, -0.05) is 40.9 Å². The van der Waals surface area contributed by atoms with Gasteiger partial charge in [-0.3, -0.25) is 9.59 Å². The van der Waals surface area contributed by atoms with Gasteiger partial charge in [0, 0.05) is 30.0 Å². The smallest absolute Gasteiger partial charge is 0.251 e. The van der Waals surface area contributed by atoms with E-state index in [1.807, 2.05) is 49.9 Å². The van der Waals surface area contributed by atoms with Crippen molar-refractivity contribution in [2.75, 3.05) is 6.54 Å². The number of rotatable bonds is 6. The number of hydrogen-bond donors (Lipinski definition) is 2. The SMILES string of the molecule is Cc1cc(C)cc(C(=O)NCC(=O)N[C@H](c2ccc(Cl)cc2)c2nccn2C)c1. The lowest BCUT2D eigenvalue weighted by Gasteiger charge is -2.19. The summed E-state index contributed by atoms with van der Waals surface area (Å²) in [5.41, 5.74) is 3.38. The Kier molecular flexibility index (Phi) is 6.34. The van der Waals surface area contributed by atoms with E-state index in [1.165, 1.54) is 0 Å². The first-order valence-corrected chi connectivity index (χ1v) is 9.60. The number of nitrogens with one attached hydrogen (secondary N) is 2. The minimum absolute atomic E-state index is 0.139. The lowest BCUT2D eigenvalue weighted by atomic mass is 10.1. The Hall–Kier alpha value is -3.12. The van der Waals surface area contributed by atoms with Gasteiger partial charge >= 0.3 is 0 Å². The molecule has 3 aromatic rings. The molecule has 0 aliphatic carbocycles. The minimum Gasteiger partial charge on any atom is -0.343 e. The third kappa shape index (κ3) is 5.23. The van der Waals surface area contributed by atoms with Crippen molar-refractivity contribution in [2.45, 2.75) is 19.9 Å². The Balaban J connectivity index is 1.71. The third-order valence-corrected chi connectivity index (χ3v) is 4.77. The second-order valence-corrected chi connectivity index (χ2v) is 7.44. The monoisotopic (exact) mass is 410 g/mol. The minimum atomic E-state index is -0.460. The number of aromatic nitrogens is 2. The highest BCUT2D eigenvalue weighted by molar-refractivity contribution is 6.30. The Labute approximate surface area is 174 Å². The van der Waals surface area contributed by atoms with Gasteiger partial charge in [0.15, 0.2) is 0 Å². The molecule has 0 aliphatic rings. The molecule has 3 rings (SSSR count). The van der Waals surface area contributed by atoms with Crippen LogP contribution in [0.3, 0.4) is 0 Å². The van der Waals surface area contributed by atoms with Crippen LogP contribution in [0.2, 0.25) is 5.02 Å². The highest BCUT2D eigenvalue weighted by Gasteiger charge is 2.21. The van der Waals surface area contributed by atoms with Crippen LogP contribution in [0.25, 0.3) is 0 Å². The van der Waals surface area contributed by atoms with Crippen LogP contribution < -0.4 is 10.6 Å². The summed E-state index contributed by atoms with van der Waals surface area (Å²) in [7, 11) is 1.86. The van der Waals surface area contributed by atoms with Gasteiger partial charge in [0.2, 0.25) is 5.91 Å². The Morgan fingerprint density at radius 1 is 1.10 bits per heavy atom. The summed E-state index contributed by atoms with van der Waals surface area (Å²) in [5, 5.41) is 6.24. The summed E-state index contributed by atoms with van der Waals surface area (Å²) < 4.78 is 1.84. The zero-order chi connectivity index (χ0) is 21.0. The fraction of sp³-hybridized carbons (Fsp3) is 0.227. The Morgan fingerprint density at radius 3 is 2.34 bits per heavy atom. The Morgan fingerprint density at radius 2 is 1.76 bits per heavy atom. The zero-order valence-corrected chi connectivity index (χ0v) is 17.3. The van der Waals surface area contributed by atoms with Crippen LogP contribution in [0.15, 0.2) is 54.9 Å². The number of carbonyl (C=O) groups excluding carboxylic acids is 2. The molecule has 0 saturated carbocycles. The second-order valence-electron chi connectivity index (χ2n) is 7.01. The number of nitrogens with zero attached hydrogens (tertiary/aromatic N) is 2. The molecule has 0 spiro atoms. The molecule has 2 amide bonds. The van der Waals surface area contributed by atoms with E-state index in [2.05, 4.69) is 15.6 Å². The molecule has 7 heteroatoms. The lowest BCUT2D eigenvalue weighted by Crippen LogP contribution is -2.39. The highest BCUT2D eigenvalue weighted by Crippen LogP contribution is 2.22. The van der Waals surface area contributed by atoms with Crippen LogP contribution >= 0.6 is 11.6 Å². The van der Waals surface area contributed by atoms with Crippen LogP contribution in [-0.4, -0.2) is 27.9 Å². The predicted molar refractivity (Wildman–Crippen MR) is 113 cm³/mol. The molecule has 150 valence electrons. The Bertz CT molecular complexity index is 1010. The fourth-order valence-corrected chi connectivity index (χ4v) is 3.31. The van der Waals surface area contributed by atoms with Crippen molar-refractivity contribution in [3.8, 4) is 0 Å². The summed E-state index contributed by atoms with van der Waals surface area (Å²) in [5.74, 6) is 0.0824. The predicted octanol–water partition coefficient (Wildman–Crippen LogP) is 3.33. The van der Waals surface area contributed by atoms with Crippen molar-refractivity contribution in [3.05, 3.63) is 88.0 Å². The summed E-state index contributed by atoms with van der Waals surface area (Å²) in [4.78, 5) is 29.3. The molecule has 0 radical (unpaired) electrons. The molecule has 0 saturated heterocycles. The quantitative estimate of drug-likeness (QED) is 0.654. The van der Waals surface area contributed by atoms with Gasteiger partial charge in [-0.2, -0.15) is 0 Å². The average Bonchev–Trinajstić information content (AvgIpc) is 3.10. The molecule has 2 aromatic carbocycles. The molecule has 0 fully saturated rings. The summed E-state index contributed by atoms with van der Waals surface area (Å²) in [6.45, 7) is 3.72. The van der Waals surface area contributed by atoms with E-state index >= 15 is 0 Å². The van der Waals surface area contributed by atoms with Crippen LogP contribution in [-0.2, 0) is 11.8 Å². The summed E-state index contributed by atoms with van der Waals surface area (Å²) >= 11 is 5.99. The summed E-state index contributed by atoms with van der Waals surface area (Å²) in [6.07, 6.45) is 3.48. The molecule has 29 heavy (non-hydrogen) atoms. The van der Waals surface area contributed by atoms with Gasteiger partial charge in [-0.15, -0.1) is 0 Å². The maximum absolute atomic E-state index is 12.6. The zero-order valence-electron chi connectivity index (χ0n) is 16.6. The highest BCUT2D eigenvalue weighted by atomic mass is 35.5. The molecule has 6 nitrogen and oxygen atoms in total. The number of halogens is 1. The van der Waals surface area contributed by atoms with Crippen molar-refractivity contribution < 1.29 is 9.59 Å². The molecule has 0 bridgehead atoms.